The number of amides is 2. The van der Waals surface area contributed by atoms with Crippen LogP contribution in [-0.4, -0.2) is 56.1 Å². The van der Waals surface area contributed by atoms with Crippen LogP contribution in [0.3, 0.4) is 0 Å². The van der Waals surface area contributed by atoms with Gasteiger partial charge in [0.1, 0.15) is 5.82 Å². The van der Waals surface area contributed by atoms with Gasteiger partial charge in [-0.1, -0.05) is 0 Å². The van der Waals surface area contributed by atoms with Gasteiger partial charge in [-0.25, -0.2) is 9.78 Å². The van der Waals surface area contributed by atoms with E-state index < -0.39 is 6.29 Å². The van der Waals surface area contributed by atoms with E-state index in [0.29, 0.717) is 25.6 Å². The smallest absolute Gasteiger partial charge is 0.325 e. The highest BCUT2D eigenvalue weighted by molar-refractivity contribution is 5.90. The van der Waals surface area contributed by atoms with Crippen LogP contribution in [-0.2, 0) is 9.47 Å². The van der Waals surface area contributed by atoms with Crippen molar-refractivity contribution in [3.05, 3.63) is 23.4 Å². The molecule has 1 aromatic heterocycles. The molecule has 0 unspecified atom stereocenters. The van der Waals surface area contributed by atoms with Crippen molar-refractivity contribution in [1.29, 1.82) is 0 Å². The van der Waals surface area contributed by atoms with Crippen molar-refractivity contribution in [2.24, 2.45) is 0 Å². The minimum Gasteiger partial charge on any atom is -0.351 e. The molecule has 124 valence electrons. The zero-order valence-corrected chi connectivity index (χ0v) is 14.4. The first-order valence-electron chi connectivity index (χ1n) is 7.56. The van der Waals surface area contributed by atoms with Crippen molar-refractivity contribution in [2.75, 3.05) is 38.8 Å². The van der Waals surface area contributed by atoms with E-state index >= 15 is 0 Å². The van der Waals surface area contributed by atoms with Crippen LogP contribution in [0.2, 0.25) is 0 Å². The van der Waals surface area contributed by atoms with Crippen molar-refractivity contribution in [1.82, 2.24) is 9.88 Å². The van der Waals surface area contributed by atoms with Crippen molar-refractivity contribution >= 4 is 11.8 Å². The molecule has 0 saturated carbocycles. The minimum absolute atomic E-state index is 0.151. The standard InChI is InChI=1S/C16H27N3O3/c1-7-21-15(22-8-2)11-19(16(20)18(5)6)14-10-12(3)9-13(4)17-14/h9-10,15H,7-8,11H2,1-6H3. The summed E-state index contributed by atoms with van der Waals surface area (Å²) < 4.78 is 11.1. The molecular formula is C16H27N3O3. The lowest BCUT2D eigenvalue weighted by Gasteiger charge is -2.29. The second-order valence-corrected chi connectivity index (χ2v) is 5.27. The number of anilines is 1. The number of urea groups is 1. The third-order valence-corrected chi connectivity index (χ3v) is 3.01. The van der Waals surface area contributed by atoms with Gasteiger partial charge < -0.3 is 14.4 Å². The molecule has 6 heteroatoms. The summed E-state index contributed by atoms with van der Waals surface area (Å²) in [5.74, 6) is 0.612. The molecule has 0 fully saturated rings. The highest BCUT2D eigenvalue weighted by atomic mass is 16.7. The van der Waals surface area contributed by atoms with E-state index in [1.54, 1.807) is 19.0 Å². The molecule has 0 radical (unpaired) electrons. The van der Waals surface area contributed by atoms with E-state index in [4.69, 9.17) is 9.47 Å². The molecule has 0 N–H and O–H groups in total. The summed E-state index contributed by atoms with van der Waals surface area (Å²) in [5.41, 5.74) is 1.93. The fraction of sp³-hybridized carbons (Fsp3) is 0.625. The van der Waals surface area contributed by atoms with E-state index in [1.807, 2.05) is 39.8 Å². The molecule has 22 heavy (non-hydrogen) atoms. The van der Waals surface area contributed by atoms with Crippen molar-refractivity contribution in [2.45, 2.75) is 34.0 Å². The molecule has 1 heterocycles. The Morgan fingerprint density at radius 2 is 1.77 bits per heavy atom. The summed E-state index contributed by atoms with van der Waals surface area (Å²) >= 11 is 0. The number of aryl methyl sites for hydroxylation is 2. The highest BCUT2D eigenvalue weighted by Crippen LogP contribution is 2.17. The average molecular weight is 309 g/mol. The predicted octanol–water partition coefficient (Wildman–Crippen LogP) is 2.59. The van der Waals surface area contributed by atoms with E-state index in [0.717, 1.165) is 11.3 Å². The number of carbonyl (C=O) groups excluding carboxylic acids is 1. The summed E-state index contributed by atoms with van der Waals surface area (Å²) in [6.45, 7) is 9.05. The fourth-order valence-corrected chi connectivity index (χ4v) is 2.14. The van der Waals surface area contributed by atoms with Gasteiger partial charge in [0.25, 0.3) is 0 Å². The van der Waals surface area contributed by atoms with Gasteiger partial charge in [-0.3, -0.25) is 4.90 Å². The van der Waals surface area contributed by atoms with Crippen LogP contribution < -0.4 is 4.90 Å². The lowest BCUT2D eigenvalue weighted by Crippen LogP contribution is -2.45. The Hall–Kier alpha value is -1.66. The monoisotopic (exact) mass is 309 g/mol. The van der Waals surface area contributed by atoms with Crippen LogP contribution >= 0.6 is 0 Å². The molecule has 6 nitrogen and oxygen atoms in total. The Labute approximate surface area is 133 Å². The predicted molar refractivity (Wildman–Crippen MR) is 87.2 cm³/mol. The Kier molecular flexibility index (Phi) is 7.27. The fourth-order valence-electron chi connectivity index (χ4n) is 2.14. The number of aromatic nitrogens is 1. The minimum atomic E-state index is -0.471. The Morgan fingerprint density at radius 3 is 2.23 bits per heavy atom. The van der Waals surface area contributed by atoms with Gasteiger partial charge in [0.05, 0.1) is 6.54 Å². The van der Waals surface area contributed by atoms with E-state index in [1.165, 1.54) is 4.90 Å². The molecule has 0 bridgehead atoms. The molecule has 0 aliphatic rings. The number of rotatable bonds is 7. The zero-order chi connectivity index (χ0) is 16.7. The largest absolute Gasteiger partial charge is 0.351 e. The van der Waals surface area contributed by atoms with Crippen LogP contribution in [0.15, 0.2) is 12.1 Å². The molecule has 1 aromatic rings. The van der Waals surface area contributed by atoms with E-state index in [9.17, 15) is 4.79 Å². The zero-order valence-electron chi connectivity index (χ0n) is 14.4. The molecule has 0 aliphatic heterocycles. The third kappa shape index (κ3) is 5.27. The molecule has 0 spiro atoms. The van der Waals surface area contributed by atoms with Crippen LogP contribution in [0, 0.1) is 13.8 Å². The Bertz CT molecular complexity index is 465. The first kappa shape index (κ1) is 18.4. The SMILES string of the molecule is CCOC(CN(C(=O)N(C)C)c1cc(C)cc(C)n1)OCC. The molecule has 0 atom stereocenters. The van der Waals surface area contributed by atoms with E-state index in [2.05, 4.69) is 4.98 Å². The first-order valence-corrected chi connectivity index (χ1v) is 7.56. The summed E-state index contributed by atoms with van der Waals surface area (Å²) in [6.07, 6.45) is -0.471. The van der Waals surface area contributed by atoms with Gasteiger partial charge in [0.2, 0.25) is 0 Å². The van der Waals surface area contributed by atoms with Crippen LogP contribution in [0.5, 0.6) is 0 Å². The number of hydrogen-bond acceptors (Lipinski definition) is 4. The summed E-state index contributed by atoms with van der Waals surface area (Å²) in [5, 5.41) is 0. The lowest BCUT2D eigenvalue weighted by atomic mass is 10.2. The van der Waals surface area contributed by atoms with Crippen molar-refractivity contribution < 1.29 is 14.3 Å². The second kappa shape index (κ2) is 8.70. The molecule has 0 aliphatic carbocycles. The maximum Gasteiger partial charge on any atom is 0.325 e. The lowest BCUT2D eigenvalue weighted by molar-refractivity contribution is -0.128. The van der Waals surface area contributed by atoms with Gasteiger partial charge in [0, 0.05) is 33.0 Å². The van der Waals surface area contributed by atoms with Gasteiger partial charge in [0.15, 0.2) is 6.29 Å². The molecule has 0 saturated heterocycles. The molecule has 2 amide bonds. The van der Waals surface area contributed by atoms with Crippen LogP contribution in [0.25, 0.3) is 0 Å². The maximum atomic E-state index is 12.5. The average Bonchev–Trinajstić information content (AvgIpc) is 2.43. The van der Waals surface area contributed by atoms with Gasteiger partial charge >= 0.3 is 6.03 Å². The van der Waals surface area contributed by atoms with E-state index in [-0.39, 0.29) is 6.03 Å². The number of pyridine rings is 1. The Morgan fingerprint density at radius 1 is 1.18 bits per heavy atom. The molecule has 0 aromatic carbocycles. The van der Waals surface area contributed by atoms with Crippen molar-refractivity contribution in [3.63, 3.8) is 0 Å². The normalized spacial score (nSPS) is 10.9. The molecular weight excluding hydrogens is 282 g/mol. The number of hydrogen-bond donors (Lipinski definition) is 0. The third-order valence-electron chi connectivity index (χ3n) is 3.01. The molecule has 1 rings (SSSR count). The summed E-state index contributed by atoms with van der Waals surface area (Å²) in [7, 11) is 3.43. The van der Waals surface area contributed by atoms with Crippen LogP contribution in [0.4, 0.5) is 10.6 Å². The summed E-state index contributed by atoms with van der Waals surface area (Å²) in [6, 6.07) is 3.72. The highest BCUT2D eigenvalue weighted by Gasteiger charge is 2.24. The number of nitrogens with zero attached hydrogens (tertiary/aromatic N) is 3. The van der Waals surface area contributed by atoms with Crippen LogP contribution in [0.1, 0.15) is 25.1 Å². The van der Waals surface area contributed by atoms with Gasteiger partial charge in [-0.2, -0.15) is 0 Å². The second-order valence-electron chi connectivity index (χ2n) is 5.27. The van der Waals surface area contributed by atoms with Gasteiger partial charge in [-0.05, 0) is 45.4 Å². The quantitative estimate of drug-likeness (QED) is 0.727. The first-order chi connectivity index (χ1) is 10.4. The Balaban J connectivity index is 3.09. The number of ether oxygens (including phenoxy) is 2. The maximum absolute atomic E-state index is 12.5. The number of carbonyl (C=O) groups is 1. The van der Waals surface area contributed by atoms with Gasteiger partial charge in [-0.15, -0.1) is 0 Å². The van der Waals surface area contributed by atoms with Crippen molar-refractivity contribution in [3.8, 4) is 0 Å². The topological polar surface area (TPSA) is 54.9 Å². The summed E-state index contributed by atoms with van der Waals surface area (Å²) in [4.78, 5) is 20.1.